The summed E-state index contributed by atoms with van der Waals surface area (Å²) >= 11 is 5.62. The Hall–Kier alpha value is -3.26. The summed E-state index contributed by atoms with van der Waals surface area (Å²) in [6, 6.07) is 11.7. The zero-order valence-corrected chi connectivity index (χ0v) is 15.4. The van der Waals surface area contributed by atoms with E-state index in [2.05, 4.69) is 15.6 Å². The largest absolute Gasteiger partial charge is 0.430 e. The van der Waals surface area contributed by atoms with Crippen LogP contribution in [0.25, 0.3) is 0 Å². The van der Waals surface area contributed by atoms with Crippen LogP contribution in [0.3, 0.4) is 0 Å². The topological polar surface area (TPSA) is 66.5 Å². The Morgan fingerprint density at radius 3 is 2.72 bits per heavy atom. The summed E-state index contributed by atoms with van der Waals surface area (Å²) in [5.41, 5.74) is 0.683. The maximum absolute atomic E-state index is 13.0. The Kier molecular flexibility index (Phi) is 4.79. The number of hydrogen-bond acceptors (Lipinski definition) is 4. The van der Waals surface area contributed by atoms with E-state index in [0.29, 0.717) is 23.9 Å². The molecule has 3 aromatic rings. The van der Waals surface area contributed by atoms with Crippen molar-refractivity contribution in [2.45, 2.75) is 12.7 Å². The van der Waals surface area contributed by atoms with Gasteiger partial charge in [-0.15, -0.1) is 0 Å². The van der Waals surface area contributed by atoms with Gasteiger partial charge in [-0.05, 0) is 36.4 Å². The fourth-order valence-electron chi connectivity index (χ4n) is 2.81. The third-order valence-corrected chi connectivity index (χ3v) is 4.61. The van der Waals surface area contributed by atoms with Crippen molar-refractivity contribution in [1.29, 1.82) is 0 Å². The van der Waals surface area contributed by atoms with Gasteiger partial charge in [-0.1, -0.05) is 23.7 Å². The predicted octanol–water partition coefficient (Wildman–Crippen LogP) is 5.72. The number of pyridine rings is 1. The highest BCUT2D eigenvalue weighted by Crippen LogP contribution is 2.45. The molecule has 1 aliphatic rings. The summed E-state index contributed by atoms with van der Waals surface area (Å²) in [7, 11) is 0. The number of anilines is 2. The Balaban J connectivity index is 1.52. The van der Waals surface area contributed by atoms with Crippen molar-refractivity contribution >= 4 is 28.9 Å². The number of nitrogens with zero attached hydrogens (tertiary/aromatic N) is 1. The fraction of sp³-hybridized carbons (Fsp3) is 0.100. The Bertz CT molecular complexity index is 1100. The van der Waals surface area contributed by atoms with Crippen molar-refractivity contribution in [3.05, 3.63) is 76.4 Å². The van der Waals surface area contributed by atoms with Gasteiger partial charge in [0.2, 0.25) is 0 Å². The minimum atomic E-state index is -4.62. The molecule has 29 heavy (non-hydrogen) atoms. The van der Waals surface area contributed by atoms with Gasteiger partial charge in [0.15, 0.2) is 5.75 Å². The SMILES string of the molecule is O=C(Nc1ccc(Cl)c(C(F)(F)F)c1)c1ccccc1NCc1ccnc2c1O2. The molecule has 1 aliphatic heterocycles. The first-order valence-corrected chi connectivity index (χ1v) is 8.87. The van der Waals surface area contributed by atoms with Gasteiger partial charge in [-0.25, -0.2) is 4.98 Å². The number of nitrogens with one attached hydrogen (secondary N) is 2. The van der Waals surface area contributed by atoms with E-state index >= 15 is 0 Å². The highest BCUT2D eigenvalue weighted by Gasteiger charge is 2.33. The maximum atomic E-state index is 13.0. The lowest BCUT2D eigenvalue weighted by Crippen LogP contribution is -2.15. The zero-order chi connectivity index (χ0) is 20.6. The van der Waals surface area contributed by atoms with Crippen molar-refractivity contribution in [2.75, 3.05) is 10.6 Å². The van der Waals surface area contributed by atoms with Crippen LogP contribution >= 0.6 is 11.6 Å². The number of hydrogen-bond donors (Lipinski definition) is 2. The first-order valence-electron chi connectivity index (χ1n) is 8.49. The van der Waals surface area contributed by atoms with Gasteiger partial charge in [-0.3, -0.25) is 4.79 Å². The van der Waals surface area contributed by atoms with Crippen LogP contribution in [0.15, 0.2) is 54.7 Å². The quantitative estimate of drug-likeness (QED) is 0.406. The van der Waals surface area contributed by atoms with E-state index in [9.17, 15) is 18.0 Å². The fourth-order valence-corrected chi connectivity index (χ4v) is 3.04. The smallest absolute Gasteiger partial charge is 0.417 e. The first-order chi connectivity index (χ1) is 13.8. The van der Waals surface area contributed by atoms with Crippen molar-refractivity contribution in [2.24, 2.45) is 0 Å². The molecule has 0 spiro atoms. The van der Waals surface area contributed by atoms with Crippen LogP contribution in [-0.4, -0.2) is 10.9 Å². The molecule has 0 aliphatic carbocycles. The number of alkyl halides is 3. The lowest BCUT2D eigenvalue weighted by molar-refractivity contribution is -0.137. The molecule has 1 amide bonds. The van der Waals surface area contributed by atoms with E-state index in [4.69, 9.17) is 16.3 Å². The Labute approximate surface area is 168 Å². The zero-order valence-electron chi connectivity index (χ0n) is 14.7. The lowest BCUT2D eigenvalue weighted by atomic mass is 10.1. The second kappa shape index (κ2) is 7.29. The molecular weight excluding hydrogens is 407 g/mol. The third-order valence-electron chi connectivity index (χ3n) is 4.28. The van der Waals surface area contributed by atoms with Crippen LogP contribution in [-0.2, 0) is 12.7 Å². The average molecular weight is 420 g/mol. The summed E-state index contributed by atoms with van der Waals surface area (Å²) < 4.78 is 44.3. The highest BCUT2D eigenvalue weighted by atomic mass is 35.5. The van der Waals surface area contributed by atoms with E-state index in [1.165, 1.54) is 6.07 Å². The van der Waals surface area contributed by atoms with Gasteiger partial charge in [0, 0.05) is 29.7 Å². The van der Waals surface area contributed by atoms with Crippen molar-refractivity contribution in [3.63, 3.8) is 0 Å². The van der Waals surface area contributed by atoms with Crippen LogP contribution < -0.4 is 15.4 Å². The number of benzene rings is 2. The van der Waals surface area contributed by atoms with E-state index in [0.717, 1.165) is 17.7 Å². The van der Waals surface area contributed by atoms with Gasteiger partial charge in [0.1, 0.15) is 0 Å². The molecule has 0 bridgehead atoms. The maximum Gasteiger partial charge on any atom is 0.417 e. The molecule has 0 radical (unpaired) electrons. The minimum absolute atomic E-state index is 0.00564. The van der Waals surface area contributed by atoms with Crippen LogP contribution in [0.2, 0.25) is 5.02 Å². The highest BCUT2D eigenvalue weighted by molar-refractivity contribution is 6.31. The van der Waals surface area contributed by atoms with Gasteiger partial charge >= 0.3 is 6.18 Å². The van der Waals surface area contributed by atoms with Gasteiger partial charge in [-0.2, -0.15) is 13.2 Å². The van der Waals surface area contributed by atoms with E-state index in [1.807, 2.05) is 0 Å². The summed E-state index contributed by atoms with van der Waals surface area (Å²) in [6.07, 6.45) is -2.99. The molecule has 2 heterocycles. The Morgan fingerprint density at radius 1 is 1.14 bits per heavy atom. The van der Waals surface area contributed by atoms with Crippen LogP contribution in [0.1, 0.15) is 21.5 Å². The number of carbonyl (C=O) groups is 1. The summed E-state index contributed by atoms with van der Waals surface area (Å²) in [4.78, 5) is 16.7. The molecule has 0 fully saturated rings. The second-order valence-corrected chi connectivity index (χ2v) is 6.66. The van der Waals surface area contributed by atoms with Crippen LogP contribution in [0.5, 0.6) is 11.6 Å². The van der Waals surface area contributed by atoms with Crippen LogP contribution in [0.4, 0.5) is 24.5 Å². The first kappa shape index (κ1) is 19.1. The number of fused-ring (bicyclic) bond motifs is 1. The molecular formula is C20H13ClF3N3O2. The van der Waals surface area contributed by atoms with Crippen molar-refractivity contribution in [1.82, 2.24) is 4.98 Å². The molecule has 0 atom stereocenters. The summed E-state index contributed by atoms with van der Waals surface area (Å²) in [5, 5.41) is 5.20. The predicted molar refractivity (Wildman–Crippen MR) is 102 cm³/mol. The number of para-hydroxylation sites is 1. The monoisotopic (exact) mass is 419 g/mol. The number of ether oxygens (including phenoxy) is 1. The molecule has 4 rings (SSSR count). The molecule has 9 heteroatoms. The van der Waals surface area contributed by atoms with E-state index < -0.39 is 22.7 Å². The lowest BCUT2D eigenvalue weighted by Gasteiger charge is -2.14. The molecule has 5 nitrogen and oxygen atoms in total. The number of aromatic nitrogens is 1. The second-order valence-electron chi connectivity index (χ2n) is 6.25. The minimum Gasteiger partial charge on any atom is -0.430 e. The Morgan fingerprint density at radius 2 is 1.93 bits per heavy atom. The number of amides is 1. The van der Waals surface area contributed by atoms with Gasteiger partial charge in [0.05, 0.1) is 16.1 Å². The average Bonchev–Trinajstić information content (AvgIpc) is 3.47. The normalized spacial score (nSPS) is 12.0. The number of carbonyl (C=O) groups excluding carboxylic acids is 1. The standard InChI is InChI=1S/C20H13ClF3N3O2/c21-15-6-5-12(9-14(15)20(22,23)24)27-18(28)13-3-1-2-4-16(13)26-10-11-7-8-25-19-17(11)29-19/h1-9,26H,10H2,(H,27,28). The summed E-state index contributed by atoms with van der Waals surface area (Å²) in [6.45, 7) is 0.397. The number of rotatable bonds is 5. The van der Waals surface area contributed by atoms with E-state index in [-0.39, 0.29) is 11.3 Å². The van der Waals surface area contributed by atoms with Crippen molar-refractivity contribution in [3.8, 4) is 11.6 Å². The van der Waals surface area contributed by atoms with Crippen LogP contribution in [0, 0.1) is 0 Å². The molecule has 1 aromatic heterocycles. The van der Waals surface area contributed by atoms with Gasteiger partial charge < -0.3 is 15.4 Å². The third kappa shape index (κ3) is 4.12. The molecule has 0 saturated heterocycles. The van der Waals surface area contributed by atoms with Gasteiger partial charge in [0.25, 0.3) is 11.8 Å². The van der Waals surface area contributed by atoms with E-state index in [1.54, 1.807) is 36.5 Å². The van der Waals surface area contributed by atoms with Crippen molar-refractivity contribution < 1.29 is 22.7 Å². The molecule has 0 unspecified atom stereocenters. The molecule has 148 valence electrons. The number of halogens is 4. The molecule has 2 N–H and O–H groups in total. The summed E-state index contributed by atoms with van der Waals surface area (Å²) in [5.74, 6) is 0.742. The molecule has 2 aromatic carbocycles. The molecule has 0 saturated carbocycles.